The van der Waals surface area contributed by atoms with Crippen LogP contribution in [0.25, 0.3) is 10.8 Å². The van der Waals surface area contributed by atoms with Crippen molar-refractivity contribution in [3.63, 3.8) is 0 Å². The van der Waals surface area contributed by atoms with E-state index < -0.39 is 0 Å². The van der Waals surface area contributed by atoms with E-state index in [1.807, 2.05) is 31.0 Å². The molecule has 6 nitrogen and oxygen atoms in total. The molecule has 0 bridgehead atoms. The Morgan fingerprint density at radius 2 is 1.75 bits per heavy atom. The average Bonchev–Trinajstić information content (AvgIpc) is 2.60. The van der Waals surface area contributed by atoms with Gasteiger partial charge in [0, 0.05) is 30.5 Å². The van der Waals surface area contributed by atoms with Crippen molar-refractivity contribution in [3.8, 4) is 0 Å². The van der Waals surface area contributed by atoms with Gasteiger partial charge in [-0.05, 0) is 25.0 Å². The topological polar surface area (TPSA) is 66.7 Å². The Hall–Kier alpha value is -2.63. The van der Waals surface area contributed by atoms with Gasteiger partial charge in [0.05, 0.1) is 16.0 Å². The molecular formula is C18H21N3O3. The molecule has 3 rings (SSSR count). The second kappa shape index (κ2) is 6.47. The van der Waals surface area contributed by atoms with Gasteiger partial charge in [-0.2, -0.15) is 0 Å². The molecule has 0 atom stereocenters. The normalized spacial score (nSPS) is 15.1. The number of nitrogens with zero attached hydrogens (tertiary/aromatic N) is 3. The zero-order valence-corrected chi connectivity index (χ0v) is 13.9. The molecule has 24 heavy (non-hydrogen) atoms. The number of carbonyl (C=O) groups excluding carboxylic acids is 1. The molecule has 2 aromatic carbocycles. The number of nitro groups is 1. The van der Waals surface area contributed by atoms with Gasteiger partial charge in [-0.1, -0.05) is 32.0 Å². The third-order valence-corrected chi connectivity index (χ3v) is 4.38. The van der Waals surface area contributed by atoms with E-state index in [1.54, 1.807) is 23.2 Å². The molecule has 1 heterocycles. The van der Waals surface area contributed by atoms with Crippen molar-refractivity contribution in [1.29, 1.82) is 0 Å². The van der Waals surface area contributed by atoms with Gasteiger partial charge in [-0.3, -0.25) is 24.9 Å². The van der Waals surface area contributed by atoms with Crippen LogP contribution in [0.3, 0.4) is 0 Å². The zero-order valence-electron chi connectivity index (χ0n) is 13.9. The van der Waals surface area contributed by atoms with E-state index in [-0.39, 0.29) is 22.4 Å². The maximum absolute atomic E-state index is 12.6. The molecule has 0 N–H and O–H groups in total. The summed E-state index contributed by atoms with van der Waals surface area (Å²) in [7, 11) is 0. The first kappa shape index (κ1) is 16.2. The first-order valence-electron chi connectivity index (χ1n) is 8.25. The molecule has 126 valence electrons. The molecule has 1 fully saturated rings. The summed E-state index contributed by atoms with van der Waals surface area (Å²) in [4.78, 5) is 23.5. The van der Waals surface area contributed by atoms with E-state index in [1.165, 1.54) is 6.07 Å². The lowest BCUT2D eigenvalue weighted by atomic mass is 10.1. The number of hydrazine groups is 1. The highest BCUT2D eigenvalue weighted by Crippen LogP contribution is 2.35. The van der Waals surface area contributed by atoms with Crippen molar-refractivity contribution < 1.29 is 9.72 Å². The van der Waals surface area contributed by atoms with Gasteiger partial charge >= 0.3 is 0 Å². The number of carbonyl (C=O) groups is 1. The summed E-state index contributed by atoms with van der Waals surface area (Å²) in [6.07, 6.45) is 1.97. The molecule has 1 saturated heterocycles. The Labute approximate surface area is 140 Å². The highest BCUT2D eigenvalue weighted by Gasteiger charge is 2.28. The van der Waals surface area contributed by atoms with Gasteiger partial charge < -0.3 is 0 Å². The van der Waals surface area contributed by atoms with Crippen molar-refractivity contribution in [3.05, 3.63) is 46.5 Å². The van der Waals surface area contributed by atoms with Crippen LogP contribution in [0.2, 0.25) is 0 Å². The molecular weight excluding hydrogens is 306 g/mol. The molecule has 0 aliphatic carbocycles. The van der Waals surface area contributed by atoms with Crippen LogP contribution in [0.4, 0.5) is 11.4 Å². The Morgan fingerprint density at radius 3 is 2.42 bits per heavy atom. The van der Waals surface area contributed by atoms with Crippen LogP contribution in [0.1, 0.15) is 26.7 Å². The average molecular weight is 327 g/mol. The number of rotatable bonds is 3. The molecule has 0 saturated carbocycles. The number of nitro benzene ring substituents is 1. The lowest BCUT2D eigenvalue weighted by molar-refractivity contribution is -0.383. The minimum Gasteiger partial charge on any atom is -0.282 e. The number of anilines is 1. The van der Waals surface area contributed by atoms with Crippen molar-refractivity contribution in [1.82, 2.24) is 5.01 Å². The summed E-state index contributed by atoms with van der Waals surface area (Å²) in [5.74, 6) is -0.00736. The van der Waals surface area contributed by atoms with Gasteiger partial charge in [0.15, 0.2) is 0 Å². The first-order valence-corrected chi connectivity index (χ1v) is 8.25. The highest BCUT2D eigenvalue weighted by atomic mass is 16.6. The third kappa shape index (κ3) is 2.79. The monoisotopic (exact) mass is 327 g/mol. The minimum atomic E-state index is -0.362. The van der Waals surface area contributed by atoms with Crippen LogP contribution in [0.15, 0.2) is 36.4 Å². The van der Waals surface area contributed by atoms with Crippen molar-refractivity contribution in [2.24, 2.45) is 5.92 Å². The quantitative estimate of drug-likeness (QED) is 0.636. The number of hydrogen-bond donors (Lipinski definition) is 0. The van der Waals surface area contributed by atoms with Gasteiger partial charge in [0.25, 0.3) is 5.69 Å². The van der Waals surface area contributed by atoms with E-state index in [0.717, 1.165) is 30.5 Å². The first-order chi connectivity index (χ1) is 11.5. The second-order valence-electron chi connectivity index (χ2n) is 6.35. The van der Waals surface area contributed by atoms with E-state index >= 15 is 0 Å². The van der Waals surface area contributed by atoms with Gasteiger partial charge in [-0.15, -0.1) is 0 Å². The fraction of sp³-hybridized carbons (Fsp3) is 0.389. The van der Waals surface area contributed by atoms with Crippen LogP contribution in [-0.4, -0.2) is 28.9 Å². The summed E-state index contributed by atoms with van der Waals surface area (Å²) in [6.45, 7) is 5.20. The highest BCUT2D eigenvalue weighted by molar-refractivity contribution is 6.00. The summed E-state index contributed by atoms with van der Waals surface area (Å²) in [5, 5.41) is 16.5. The number of benzene rings is 2. The fourth-order valence-corrected chi connectivity index (χ4v) is 3.19. The van der Waals surface area contributed by atoms with Gasteiger partial charge in [-0.25, -0.2) is 0 Å². The molecule has 0 spiro atoms. The molecule has 0 radical (unpaired) electrons. The van der Waals surface area contributed by atoms with E-state index in [4.69, 9.17) is 0 Å². The smallest absolute Gasteiger partial charge is 0.277 e. The number of hydrogen-bond acceptors (Lipinski definition) is 4. The van der Waals surface area contributed by atoms with Crippen LogP contribution in [0, 0.1) is 16.0 Å². The Bertz CT molecular complexity index is 788. The Morgan fingerprint density at radius 1 is 1.08 bits per heavy atom. The molecule has 1 aliphatic rings. The summed E-state index contributed by atoms with van der Waals surface area (Å²) < 4.78 is 0. The van der Waals surface area contributed by atoms with Gasteiger partial charge in [0.2, 0.25) is 5.91 Å². The van der Waals surface area contributed by atoms with Gasteiger partial charge in [0.1, 0.15) is 0 Å². The maximum atomic E-state index is 12.6. The Kier molecular flexibility index (Phi) is 4.38. The summed E-state index contributed by atoms with van der Waals surface area (Å²) >= 11 is 0. The molecule has 1 amide bonds. The van der Waals surface area contributed by atoms with E-state index in [0.29, 0.717) is 11.9 Å². The largest absolute Gasteiger partial charge is 0.282 e. The zero-order chi connectivity index (χ0) is 17.3. The lowest BCUT2D eigenvalue weighted by Gasteiger charge is -2.41. The molecule has 6 heteroatoms. The molecule has 0 unspecified atom stereocenters. The van der Waals surface area contributed by atoms with E-state index in [9.17, 15) is 14.9 Å². The van der Waals surface area contributed by atoms with Crippen molar-refractivity contribution >= 4 is 28.1 Å². The third-order valence-electron chi connectivity index (χ3n) is 4.38. The van der Waals surface area contributed by atoms with Crippen molar-refractivity contribution in [2.45, 2.75) is 26.7 Å². The lowest BCUT2D eigenvalue weighted by Crippen LogP contribution is -2.52. The number of non-ortho nitro benzene ring substituents is 1. The number of fused-ring (bicyclic) bond motifs is 1. The van der Waals surface area contributed by atoms with Crippen LogP contribution < -0.4 is 5.01 Å². The molecule has 0 aromatic heterocycles. The van der Waals surface area contributed by atoms with Crippen LogP contribution >= 0.6 is 0 Å². The van der Waals surface area contributed by atoms with Crippen LogP contribution in [-0.2, 0) is 4.79 Å². The van der Waals surface area contributed by atoms with E-state index in [2.05, 4.69) is 0 Å². The minimum absolute atomic E-state index is 0.0807. The predicted molar refractivity (Wildman–Crippen MR) is 93.7 cm³/mol. The second-order valence-corrected chi connectivity index (χ2v) is 6.35. The predicted octanol–water partition coefficient (Wildman–Crippen LogP) is 3.75. The summed E-state index contributed by atoms with van der Waals surface area (Å²) in [6, 6.07) is 10.6. The molecule has 1 aliphatic heterocycles. The SMILES string of the molecule is CC(C)C(=O)N1CCCCN1c1ccc([N+](=O)[O-])c2ccccc12. The number of amides is 1. The fourth-order valence-electron chi connectivity index (χ4n) is 3.19. The van der Waals surface area contributed by atoms with Crippen LogP contribution in [0.5, 0.6) is 0 Å². The maximum Gasteiger partial charge on any atom is 0.277 e. The Balaban J connectivity index is 2.12. The summed E-state index contributed by atoms with van der Waals surface area (Å²) in [5.41, 5.74) is 0.943. The van der Waals surface area contributed by atoms with Crippen molar-refractivity contribution in [2.75, 3.05) is 18.1 Å². The molecule has 2 aromatic rings. The standard InChI is InChI=1S/C18H21N3O3/c1-13(2)18(22)20-12-6-5-11-19(20)16-9-10-17(21(23)24)15-8-4-3-7-14(15)16/h3-4,7-10,13H,5-6,11-12H2,1-2H3.